The quantitative estimate of drug-likeness (QED) is 0.460. The van der Waals surface area contributed by atoms with Crippen LogP contribution in [0.25, 0.3) is 10.9 Å². The van der Waals surface area contributed by atoms with Crippen LogP contribution in [0.2, 0.25) is 5.02 Å². The molecule has 1 aromatic carbocycles. The summed E-state index contributed by atoms with van der Waals surface area (Å²) < 4.78 is 25.1. The van der Waals surface area contributed by atoms with Gasteiger partial charge in [0.25, 0.3) is 5.56 Å². The van der Waals surface area contributed by atoms with Crippen LogP contribution < -0.4 is 5.56 Å². The van der Waals surface area contributed by atoms with Crippen LogP contribution in [-0.2, 0) is 14.6 Å². The minimum atomic E-state index is -2.92. The van der Waals surface area contributed by atoms with Gasteiger partial charge in [0.2, 0.25) is 5.91 Å². The molecule has 0 bridgehead atoms. The molecule has 11 heteroatoms. The Bertz CT molecular complexity index is 1190. The number of nitrogens with zero attached hydrogens (tertiary/aromatic N) is 4. The van der Waals surface area contributed by atoms with Gasteiger partial charge < -0.3 is 4.90 Å². The number of hydrogen-bond donors (Lipinski definition) is 0. The summed E-state index contributed by atoms with van der Waals surface area (Å²) in [6, 6.07) is 4.99. The molecule has 1 unspecified atom stereocenters. The molecule has 2 saturated heterocycles. The first kappa shape index (κ1) is 23.5. The van der Waals surface area contributed by atoms with E-state index in [4.69, 9.17) is 11.6 Å². The maximum absolute atomic E-state index is 13.0. The molecule has 1 amide bonds. The lowest BCUT2D eigenvalue weighted by Crippen LogP contribution is -2.52. The SMILES string of the molecule is CC(C)n1c(SCC(=O)N2CCN(C3CCS(=O)(=O)C3)CC2)nc2cc(Cl)ccc2c1=O. The molecule has 2 fully saturated rings. The van der Waals surface area contributed by atoms with E-state index in [1.165, 1.54) is 11.8 Å². The third kappa shape index (κ3) is 4.98. The molecule has 1 aromatic heterocycles. The Balaban J connectivity index is 1.42. The van der Waals surface area contributed by atoms with Gasteiger partial charge in [-0.1, -0.05) is 23.4 Å². The highest BCUT2D eigenvalue weighted by Crippen LogP contribution is 2.24. The molecule has 2 aliphatic heterocycles. The van der Waals surface area contributed by atoms with E-state index in [1.54, 1.807) is 22.8 Å². The summed E-state index contributed by atoms with van der Waals surface area (Å²) in [5, 5.41) is 1.51. The van der Waals surface area contributed by atoms with Gasteiger partial charge in [0.15, 0.2) is 15.0 Å². The van der Waals surface area contributed by atoms with Crippen LogP contribution in [0.1, 0.15) is 26.3 Å². The van der Waals surface area contributed by atoms with E-state index in [-0.39, 0.29) is 40.8 Å². The third-order valence-electron chi connectivity index (χ3n) is 6.06. The average molecular weight is 499 g/mol. The summed E-state index contributed by atoms with van der Waals surface area (Å²) >= 11 is 7.34. The Morgan fingerprint density at radius 1 is 1.25 bits per heavy atom. The second kappa shape index (κ2) is 9.32. The topological polar surface area (TPSA) is 92.6 Å². The van der Waals surface area contributed by atoms with E-state index in [2.05, 4.69) is 9.88 Å². The van der Waals surface area contributed by atoms with Crippen molar-refractivity contribution in [3.63, 3.8) is 0 Å². The summed E-state index contributed by atoms with van der Waals surface area (Å²) in [5.41, 5.74) is 0.381. The van der Waals surface area contributed by atoms with Gasteiger partial charge in [-0.3, -0.25) is 19.1 Å². The smallest absolute Gasteiger partial charge is 0.262 e. The fourth-order valence-corrected chi connectivity index (χ4v) is 7.29. The molecular weight excluding hydrogens is 472 g/mol. The minimum absolute atomic E-state index is 0.00978. The highest BCUT2D eigenvalue weighted by atomic mass is 35.5. The van der Waals surface area contributed by atoms with Crippen molar-refractivity contribution < 1.29 is 13.2 Å². The number of sulfone groups is 1. The van der Waals surface area contributed by atoms with Crippen LogP contribution in [0.3, 0.4) is 0 Å². The lowest BCUT2D eigenvalue weighted by atomic mass is 10.2. The van der Waals surface area contributed by atoms with Crippen LogP contribution in [0, 0.1) is 0 Å². The molecule has 4 rings (SSSR count). The lowest BCUT2D eigenvalue weighted by molar-refractivity contribution is -0.130. The predicted molar refractivity (Wildman–Crippen MR) is 127 cm³/mol. The number of carbonyl (C=O) groups is 1. The van der Waals surface area contributed by atoms with Crippen molar-refractivity contribution in [2.75, 3.05) is 43.4 Å². The van der Waals surface area contributed by atoms with Crippen LogP contribution in [-0.4, -0.2) is 83.2 Å². The van der Waals surface area contributed by atoms with Crippen LogP contribution >= 0.6 is 23.4 Å². The molecule has 2 aliphatic rings. The fraction of sp³-hybridized carbons (Fsp3) is 0.571. The van der Waals surface area contributed by atoms with Gasteiger partial charge in [-0.05, 0) is 38.5 Å². The van der Waals surface area contributed by atoms with E-state index in [0.717, 1.165) is 0 Å². The number of fused-ring (bicyclic) bond motifs is 1. The van der Waals surface area contributed by atoms with E-state index in [0.29, 0.717) is 53.7 Å². The van der Waals surface area contributed by atoms with Gasteiger partial charge >= 0.3 is 0 Å². The number of benzene rings is 1. The van der Waals surface area contributed by atoms with Crippen molar-refractivity contribution >= 4 is 50.0 Å². The van der Waals surface area contributed by atoms with E-state index in [1.807, 2.05) is 18.7 Å². The molecule has 1 atom stereocenters. The molecule has 8 nitrogen and oxygen atoms in total. The van der Waals surface area contributed by atoms with Gasteiger partial charge in [-0.25, -0.2) is 13.4 Å². The number of amides is 1. The number of hydrogen-bond acceptors (Lipinski definition) is 7. The summed E-state index contributed by atoms with van der Waals surface area (Å²) in [6.45, 7) is 6.35. The zero-order chi connectivity index (χ0) is 23.0. The third-order valence-corrected chi connectivity index (χ3v) is 8.99. The summed E-state index contributed by atoms with van der Waals surface area (Å²) in [7, 11) is -2.92. The maximum atomic E-state index is 13.0. The Kier molecular flexibility index (Phi) is 6.86. The number of thioether (sulfide) groups is 1. The Labute approximate surface area is 196 Å². The van der Waals surface area contributed by atoms with Gasteiger partial charge in [0.05, 0.1) is 28.2 Å². The number of carbonyl (C=O) groups excluding carboxylic acids is 1. The van der Waals surface area contributed by atoms with Gasteiger partial charge in [0, 0.05) is 43.3 Å². The molecule has 0 saturated carbocycles. The molecule has 2 aromatic rings. The molecule has 32 heavy (non-hydrogen) atoms. The highest BCUT2D eigenvalue weighted by molar-refractivity contribution is 7.99. The van der Waals surface area contributed by atoms with Gasteiger partial charge in [-0.2, -0.15) is 0 Å². The molecule has 3 heterocycles. The highest BCUT2D eigenvalue weighted by Gasteiger charge is 2.34. The van der Waals surface area contributed by atoms with Crippen LogP contribution in [0.5, 0.6) is 0 Å². The van der Waals surface area contributed by atoms with Crippen molar-refractivity contribution in [3.8, 4) is 0 Å². The van der Waals surface area contributed by atoms with E-state index < -0.39 is 9.84 Å². The van der Waals surface area contributed by atoms with Gasteiger partial charge in [0.1, 0.15) is 0 Å². The fourth-order valence-electron chi connectivity index (χ4n) is 4.33. The number of piperazine rings is 1. The first-order chi connectivity index (χ1) is 15.1. The average Bonchev–Trinajstić information content (AvgIpc) is 3.11. The second-order valence-electron chi connectivity index (χ2n) is 8.59. The first-order valence-corrected chi connectivity index (χ1v) is 13.9. The Hall–Kier alpha value is -1.62. The van der Waals surface area contributed by atoms with E-state index >= 15 is 0 Å². The predicted octanol–water partition coefficient (Wildman–Crippen LogP) is 2.05. The van der Waals surface area contributed by atoms with E-state index in [9.17, 15) is 18.0 Å². The number of rotatable bonds is 5. The Morgan fingerprint density at radius 2 is 1.97 bits per heavy atom. The lowest BCUT2D eigenvalue weighted by Gasteiger charge is -2.37. The monoisotopic (exact) mass is 498 g/mol. The molecule has 0 aliphatic carbocycles. The molecule has 174 valence electrons. The molecule has 0 N–H and O–H groups in total. The molecule has 0 radical (unpaired) electrons. The summed E-state index contributed by atoms with van der Waals surface area (Å²) in [4.78, 5) is 34.4. The Morgan fingerprint density at radius 3 is 2.59 bits per heavy atom. The second-order valence-corrected chi connectivity index (χ2v) is 12.2. The zero-order valence-electron chi connectivity index (χ0n) is 18.2. The van der Waals surface area contributed by atoms with Crippen molar-refractivity contribution in [2.45, 2.75) is 37.5 Å². The van der Waals surface area contributed by atoms with Crippen molar-refractivity contribution in [2.24, 2.45) is 0 Å². The molecular formula is C21H27ClN4O4S2. The van der Waals surface area contributed by atoms with Crippen molar-refractivity contribution in [1.29, 1.82) is 0 Å². The normalized spacial score (nSPS) is 21.5. The number of halogens is 1. The van der Waals surface area contributed by atoms with Crippen molar-refractivity contribution in [1.82, 2.24) is 19.4 Å². The van der Waals surface area contributed by atoms with Crippen molar-refractivity contribution in [3.05, 3.63) is 33.6 Å². The zero-order valence-corrected chi connectivity index (χ0v) is 20.5. The van der Waals surface area contributed by atoms with Gasteiger partial charge in [-0.15, -0.1) is 0 Å². The largest absolute Gasteiger partial charge is 0.339 e. The van der Waals surface area contributed by atoms with Crippen LogP contribution in [0.15, 0.2) is 28.2 Å². The standard InChI is InChI=1S/C21H27ClN4O4S2/c1-14(2)26-20(28)17-4-3-15(22)11-18(17)23-21(26)31-12-19(27)25-8-6-24(7-9-25)16-5-10-32(29,30)13-16/h3-4,11,14,16H,5-10,12-13H2,1-2H3. The minimum Gasteiger partial charge on any atom is -0.339 e. The summed E-state index contributed by atoms with van der Waals surface area (Å²) in [5.74, 6) is 0.656. The first-order valence-electron chi connectivity index (χ1n) is 10.7. The molecule has 0 spiro atoms. The maximum Gasteiger partial charge on any atom is 0.262 e. The summed E-state index contributed by atoms with van der Waals surface area (Å²) in [6.07, 6.45) is 0.677. The number of aromatic nitrogens is 2. The van der Waals surface area contributed by atoms with Crippen LogP contribution in [0.4, 0.5) is 0 Å².